The summed E-state index contributed by atoms with van der Waals surface area (Å²) in [5.41, 5.74) is 0.586. The summed E-state index contributed by atoms with van der Waals surface area (Å²) in [5.74, 6) is 4.61. The molecule has 0 rings (SSSR count). The number of aliphatic hydroxyl groups is 1. The maximum atomic E-state index is 10.8. The third kappa shape index (κ3) is 5.51. The molecule has 0 radical (unpaired) electrons. The van der Waals surface area contributed by atoms with E-state index in [2.05, 4.69) is 16.6 Å². The minimum absolute atomic E-state index is 0.200. The highest BCUT2D eigenvalue weighted by Crippen LogP contribution is 1.90. The van der Waals surface area contributed by atoms with Gasteiger partial charge >= 0.3 is 5.97 Å². The molecule has 0 amide bonds. The molecule has 0 bridgehead atoms. The Balaban J connectivity index is 4.06. The van der Waals surface area contributed by atoms with Crippen molar-refractivity contribution in [2.24, 2.45) is 0 Å². The van der Waals surface area contributed by atoms with Crippen LogP contribution in [0.2, 0.25) is 0 Å². The van der Waals surface area contributed by atoms with E-state index in [4.69, 9.17) is 5.11 Å². The van der Waals surface area contributed by atoms with Gasteiger partial charge in [0, 0.05) is 11.6 Å². The number of aliphatic hydroxyl groups excluding tert-OH is 1. The van der Waals surface area contributed by atoms with Gasteiger partial charge in [-0.05, 0) is 13.8 Å². The summed E-state index contributed by atoms with van der Waals surface area (Å²) >= 11 is 0. The predicted octanol–water partition coefficient (Wildman–Crippen LogP) is 0.491. The van der Waals surface area contributed by atoms with Crippen LogP contribution in [-0.4, -0.2) is 24.3 Å². The van der Waals surface area contributed by atoms with Gasteiger partial charge in [-0.2, -0.15) is 0 Å². The lowest BCUT2D eigenvalue weighted by atomic mass is 10.3. The summed E-state index contributed by atoms with van der Waals surface area (Å²) in [5, 5.41) is 8.34. The fourth-order valence-electron chi connectivity index (χ4n) is 0.576. The van der Waals surface area contributed by atoms with Crippen LogP contribution >= 0.6 is 0 Å². The molecule has 0 unspecified atom stereocenters. The summed E-state index contributed by atoms with van der Waals surface area (Å²) in [4.78, 5) is 10.8. The molecule has 66 valence electrons. The first-order valence-electron chi connectivity index (χ1n) is 3.65. The van der Waals surface area contributed by atoms with Gasteiger partial charge in [-0.3, -0.25) is 0 Å². The third-order valence-corrected chi connectivity index (χ3v) is 0.986. The number of ether oxygens (including phenoxy) is 1. The molecule has 0 aliphatic rings. The van der Waals surface area contributed by atoms with Crippen molar-refractivity contribution in [2.75, 3.05) is 13.2 Å². The van der Waals surface area contributed by atoms with Crippen molar-refractivity contribution in [2.45, 2.75) is 13.8 Å². The molecule has 0 spiro atoms. The Hall–Kier alpha value is -1.27. The normalized spacial score (nSPS) is 10.1. The predicted molar refractivity (Wildman–Crippen MR) is 45.3 cm³/mol. The molecule has 0 aromatic rings. The maximum Gasteiger partial charge on any atom is 0.331 e. The molecule has 0 atom stereocenters. The molecule has 0 aliphatic carbocycles. The molecule has 0 saturated heterocycles. The quantitative estimate of drug-likeness (QED) is 0.371. The molecule has 0 saturated carbocycles. The SMILES string of the molecule is CCOC(=O)/C=C(\C)C#CCO. The van der Waals surface area contributed by atoms with Crippen LogP contribution in [0.4, 0.5) is 0 Å². The molecule has 3 heteroatoms. The van der Waals surface area contributed by atoms with Crippen LogP contribution < -0.4 is 0 Å². The molecule has 0 aliphatic heterocycles. The van der Waals surface area contributed by atoms with Crippen LogP contribution in [0.15, 0.2) is 11.6 Å². The van der Waals surface area contributed by atoms with Crippen molar-refractivity contribution in [3.05, 3.63) is 11.6 Å². The van der Waals surface area contributed by atoms with Crippen molar-refractivity contribution in [1.29, 1.82) is 0 Å². The number of hydrogen-bond acceptors (Lipinski definition) is 3. The highest BCUT2D eigenvalue weighted by Gasteiger charge is 1.94. The van der Waals surface area contributed by atoms with Crippen molar-refractivity contribution in [3.8, 4) is 11.8 Å². The van der Waals surface area contributed by atoms with E-state index >= 15 is 0 Å². The zero-order chi connectivity index (χ0) is 9.40. The van der Waals surface area contributed by atoms with Gasteiger partial charge in [0.25, 0.3) is 0 Å². The fourth-order valence-corrected chi connectivity index (χ4v) is 0.576. The van der Waals surface area contributed by atoms with E-state index in [-0.39, 0.29) is 6.61 Å². The highest BCUT2D eigenvalue weighted by molar-refractivity contribution is 5.83. The molecule has 0 heterocycles. The summed E-state index contributed by atoms with van der Waals surface area (Å²) in [7, 11) is 0. The van der Waals surface area contributed by atoms with Crippen molar-refractivity contribution < 1.29 is 14.6 Å². The van der Waals surface area contributed by atoms with Crippen LogP contribution in [0.3, 0.4) is 0 Å². The van der Waals surface area contributed by atoms with Crippen molar-refractivity contribution in [1.82, 2.24) is 0 Å². The molecule has 0 aromatic carbocycles. The Morgan fingerprint density at radius 3 is 2.83 bits per heavy atom. The van der Waals surface area contributed by atoms with Crippen molar-refractivity contribution in [3.63, 3.8) is 0 Å². The fraction of sp³-hybridized carbons (Fsp3) is 0.444. The van der Waals surface area contributed by atoms with Gasteiger partial charge in [-0.15, -0.1) is 0 Å². The summed E-state index contributed by atoms with van der Waals surface area (Å²) in [6.45, 7) is 3.57. The summed E-state index contributed by atoms with van der Waals surface area (Å²) < 4.78 is 4.65. The second-order valence-electron chi connectivity index (χ2n) is 2.04. The molecule has 3 nitrogen and oxygen atoms in total. The molecular weight excluding hydrogens is 156 g/mol. The van der Waals surface area contributed by atoms with E-state index < -0.39 is 5.97 Å². The lowest BCUT2D eigenvalue weighted by Gasteiger charge is -1.94. The number of rotatable bonds is 2. The molecular formula is C9H12O3. The lowest BCUT2D eigenvalue weighted by Crippen LogP contribution is -1.99. The maximum absolute atomic E-state index is 10.8. The smallest absolute Gasteiger partial charge is 0.331 e. The van der Waals surface area contributed by atoms with E-state index in [0.717, 1.165) is 0 Å². The highest BCUT2D eigenvalue weighted by atomic mass is 16.5. The average molecular weight is 168 g/mol. The first-order valence-corrected chi connectivity index (χ1v) is 3.65. The standard InChI is InChI=1S/C9H12O3/c1-3-12-9(11)7-8(2)5-4-6-10/h7,10H,3,6H2,1-2H3/b8-7+. The van der Waals surface area contributed by atoms with Crippen molar-refractivity contribution >= 4 is 5.97 Å². The van der Waals surface area contributed by atoms with E-state index in [1.165, 1.54) is 6.08 Å². The van der Waals surface area contributed by atoms with E-state index in [9.17, 15) is 4.79 Å². The summed E-state index contributed by atoms with van der Waals surface area (Å²) in [6, 6.07) is 0. The van der Waals surface area contributed by atoms with Gasteiger partial charge in [-0.1, -0.05) is 11.8 Å². The van der Waals surface area contributed by atoms with Gasteiger partial charge < -0.3 is 9.84 Å². The van der Waals surface area contributed by atoms with Gasteiger partial charge in [-0.25, -0.2) is 4.79 Å². The van der Waals surface area contributed by atoms with Gasteiger partial charge in [0.15, 0.2) is 0 Å². The number of carbonyl (C=O) groups excluding carboxylic acids is 1. The Labute approximate surface area is 72.0 Å². The number of carbonyl (C=O) groups is 1. The topological polar surface area (TPSA) is 46.5 Å². The number of hydrogen-bond donors (Lipinski definition) is 1. The zero-order valence-electron chi connectivity index (χ0n) is 7.26. The van der Waals surface area contributed by atoms with Gasteiger partial charge in [0.2, 0.25) is 0 Å². The first kappa shape index (κ1) is 10.7. The van der Waals surface area contributed by atoms with Crippen LogP contribution in [0, 0.1) is 11.8 Å². The molecule has 12 heavy (non-hydrogen) atoms. The van der Waals surface area contributed by atoms with Crippen LogP contribution in [-0.2, 0) is 9.53 Å². The largest absolute Gasteiger partial charge is 0.463 e. The van der Waals surface area contributed by atoms with Gasteiger partial charge in [0.1, 0.15) is 6.61 Å². The Morgan fingerprint density at radius 2 is 2.33 bits per heavy atom. The van der Waals surface area contributed by atoms with Crippen LogP contribution in [0.1, 0.15) is 13.8 Å². The minimum Gasteiger partial charge on any atom is -0.463 e. The Morgan fingerprint density at radius 1 is 1.67 bits per heavy atom. The molecule has 1 N–H and O–H groups in total. The Bertz CT molecular complexity index is 230. The van der Waals surface area contributed by atoms with E-state index in [0.29, 0.717) is 12.2 Å². The number of allylic oxidation sites excluding steroid dienone is 1. The monoisotopic (exact) mass is 168 g/mol. The molecule has 0 aromatic heterocycles. The average Bonchev–Trinajstić information content (AvgIpc) is 2.01. The van der Waals surface area contributed by atoms with Crippen LogP contribution in [0.25, 0.3) is 0 Å². The number of esters is 1. The first-order chi connectivity index (χ1) is 5.70. The zero-order valence-corrected chi connectivity index (χ0v) is 7.26. The van der Waals surface area contributed by atoms with Gasteiger partial charge in [0.05, 0.1) is 6.61 Å². The Kier molecular flexibility index (Phi) is 5.76. The summed E-state index contributed by atoms with van der Waals surface area (Å²) in [6.07, 6.45) is 1.30. The second-order valence-corrected chi connectivity index (χ2v) is 2.04. The lowest BCUT2D eigenvalue weighted by molar-refractivity contribution is -0.137. The minimum atomic E-state index is -0.401. The van der Waals surface area contributed by atoms with Crippen LogP contribution in [0.5, 0.6) is 0 Å². The van der Waals surface area contributed by atoms with E-state index in [1.54, 1.807) is 13.8 Å². The second kappa shape index (κ2) is 6.44. The molecule has 0 fully saturated rings. The van der Waals surface area contributed by atoms with E-state index in [1.807, 2.05) is 0 Å². The third-order valence-electron chi connectivity index (χ3n) is 0.986.